The Labute approximate surface area is 128 Å². The zero-order valence-corrected chi connectivity index (χ0v) is 13.2. The minimum absolute atomic E-state index is 0.319. The van der Waals surface area contributed by atoms with Crippen molar-refractivity contribution < 1.29 is 13.2 Å². The van der Waals surface area contributed by atoms with Gasteiger partial charge >= 0.3 is 6.18 Å². The highest BCUT2D eigenvalue weighted by Crippen LogP contribution is 2.37. The molecule has 0 amide bonds. The lowest BCUT2D eigenvalue weighted by Crippen LogP contribution is -2.17. The quantitative estimate of drug-likeness (QED) is 0.773. The molecule has 1 aliphatic rings. The normalized spacial score (nSPS) is 15.7. The molecule has 1 aromatic carbocycles. The van der Waals surface area contributed by atoms with Crippen LogP contribution in [0.4, 0.5) is 13.2 Å². The number of hydrogen-bond donors (Lipinski definition) is 1. The molecule has 0 heterocycles. The Hall–Kier alpha value is -0.720. The van der Waals surface area contributed by atoms with Gasteiger partial charge in [-0.15, -0.1) is 11.8 Å². The molecule has 0 unspecified atom stereocenters. The lowest BCUT2D eigenvalue weighted by atomic mass is 10.1. The maximum Gasteiger partial charge on any atom is 0.417 e. The number of alkyl halides is 3. The van der Waals surface area contributed by atoms with Crippen molar-refractivity contribution in [3.8, 4) is 0 Å². The topological polar surface area (TPSA) is 15.3 Å². The van der Waals surface area contributed by atoms with Gasteiger partial charge in [0.25, 0.3) is 0 Å². The Morgan fingerprint density at radius 2 is 2.00 bits per heavy atom. The highest BCUT2D eigenvalue weighted by Gasteiger charge is 2.33. The summed E-state index contributed by atoms with van der Waals surface area (Å²) in [5, 5.41) is 3.25. The van der Waals surface area contributed by atoms with Crippen LogP contribution < -0.4 is 5.32 Å². The molecule has 0 spiro atoms. The zero-order chi connectivity index (χ0) is 15.5. The molecule has 1 N–H and O–H groups in total. The molecule has 118 valence electrons. The number of halogens is 3. The molecular formula is C15H21F3N2S. The number of nitrogens with zero attached hydrogens (tertiary/aromatic N) is 1. The van der Waals surface area contributed by atoms with E-state index in [1.165, 1.54) is 17.8 Å². The molecule has 2 nitrogen and oxygen atoms in total. The van der Waals surface area contributed by atoms with Crippen molar-refractivity contribution in [2.75, 3.05) is 26.4 Å². The first-order valence-electron chi connectivity index (χ1n) is 7.07. The zero-order valence-electron chi connectivity index (χ0n) is 12.3. The van der Waals surface area contributed by atoms with E-state index in [0.29, 0.717) is 28.8 Å². The van der Waals surface area contributed by atoms with Crippen LogP contribution in [0.5, 0.6) is 0 Å². The van der Waals surface area contributed by atoms with Crippen molar-refractivity contribution in [2.45, 2.75) is 36.5 Å². The molecule has 0 atom stereocenters. The van der Waals surface area contributed by atoms with Crippen LogP contribution in [0.15, 0.2) is 23.1 Å². The summed E-state index contributed by atoms with van der Waals surface area (Å²) >= 11 is 1.27. The lowest BCUT2D eigenvalue weighted by Gasteiger charge is -2.15. The van der Waals surface area contributed by atoms with Crippen molar-refractivity contribution in [3.63, 3.8) is 0 Å². The first kappa shape index (κ1) is 16.6. The summed E-state index contributed by atoms with van der Waals surface area (Å²) in [7, 11) is 3.83. The second kappa shape index (κ2) is 7.03. The summed E-state index contributed by atoms with van der Waals surface area (Å²) in [4.78, 5) is 2.29. The Bertz CT molecular complexity index is 470. The smallest absolute Gasteiger partial charge is 0.310 e. The molecule has 1 aromatic rings. The first-order valence-corrected chi connectivity index (χ1v) is 8.06. The second-order valence-corrected chi connectivity index (χ2v) is 6.77. The second-order valence-electron chi connectivity index (χ2n) is 5.64. The van der Waals surface area contributed by atoms with Crippen molar-refractivity contribution in [1.82, 2.24) is 10.2 Å². The summed E-state index contributed by atoms with van der Waals surface area (Å²) in [6.07, 6.45) is -2.04. The van der Waals surface area contributed by atoms with Crippen LogP contribution in [0.25, 0.3) is 0 Å². The summed E-state index contributed by atoms with van der Waals surface area (Å²) in [6, 6.07) is 5.18. The molecule has 0 aliphatic heterocycles. The highest BCUT2D eigenvalue weighted by molar-refractivity contribution is 7.99. The summed E-state index contributed by atoms with van der Waals surface area (Å²) in [5.74, 6) is 0.649. The van der Waals surface area contributed by atoms with E-state index in [0.717, 1.165) is 19.4 Å². The van der Waals surface area contributed by atoms with Gasteiger partial charge < -0.3 is 10.2 Å². The Kier molecular flexibility index (Phi) is 5.57. The molecule has 0 radical (unpaired) electrons. The molecule has 0 saturated heterocycles. The predicted octanol–water partition coefficient (Wildman–Crippen LogP) is 3.61. The monoisotopic (exact) mass is 318 g/mol. The van der Waals surface area contributed by atoms with Gasteiger partial charge in [-0.3, -0.25) is 0 Å². The van der Waals surface area contributed by atoms with Gasteiger partial charge in [-0.05, 0) is 44.6 Å². The van der Waals surface area contributed by atoms with E-state index in [2.05, 4.69) is 5.32 Å². The maximum absolute atomic E-state index is 13.2. The minimum Gasteiger partial charge on any atom is -0.310 e. The van der Waals surface area contributed by atoms with E-state index in [4.69, 9.17) is 0 Å². The molecule has 1 saturated carbocycles. The summed E-state index contributed by atoms with van der Waals surface area (Å²) in [5.41, 5.74) is 0.188. The van der Waals surface area contributed by atoms with Gasteiger partial charge in [-0.25, -0.2) is 0 Å². The largest absolute Gasteiger partial charge is 0.417 e. The molecule has 1 fully saturated rings. The van der Waals surface area contributed by atoms with Gasteiger partial charge in [0.15, 0.2) is 0 Å². The summed E-state index contributed by atoms with van der Waals surface area (Å²) in [6.45, 7) is 1.27. The molecular weight excluding hydrogens is 297 g/mol. The Morgan fingerprint density at radius 3 is 2.57 bits per heavy atom. The van der Waals surface area contributed by atoms with E-state index in [-0.39, 0.29) is 0 Å². The lowest BCUT2D eigenvalue weighted by molar-refractivity contribution is -0.139. The van der Waals surface area contributed by atoms with Crippen LogP contribution in [0.1, 0.15) is 24.0 Å². The fourth-order valence-electron chi connectivity index (χ4n) is 1.92. The van der Waals surface area contributed by atoms with E-state index in [1.807, 2.05) is 19.0 Å². The van der Waals surface area contributed by atoms with E-state index >= 15 is 0 Å². The predicted molar refractivity (Wildman–Crippen MR) is 80.6 cm³/mol. The average molecular weight is 318 g/mol. The summed E-state index contributed by atoms with van der Waals surface area (Å²) < 4.78 is 39.5. The van der Waals surface area contributed by atoms with Crippen LogP contribution in [0, 0.1) is 0 Å². The molecule has 6 heteroatoms. The van der Waals surface area contributed by atoms with Gasteiger partial charge in [0.1, 0.15) is 0 Å². The third-order valence-corrected chi connectivity index (χ3v) is 4.37. The Balaban J connectivity index is 2.06. The molecule has 21 heavy (non-hydrogen) atoms. The van der Waals surface area contributed by atoms with Gasteiger partial charge in [-0.2, -0.15) is 13.2 Å². The maximum atomic E-state index is 13.2. The third kappa shape index (κ3) is 5.52. The number of thioether (sulfide) groups is 1. The fraction of sp³-hybridized carbons (Fsp3) is 0.600. The minimum atomic E-state index is -4.30. The van der Waals surface area contributed by atoms with Crippen molar-refractivity contribution in [3.05, 3.63) is 29.3 Å². The molecule has 0 aromatic heterocycles. The highest BCUT2D eigenvalue weighted by atomic mass is 32.2. The number of benzene rings is 1. The molecule has 1 aliphatic carbocycles. The molecule has 2 rings (SSSR count). The number of hydrogen-bond acceptors (Lipinski definition) is 3. The number of rotatable bonds is 7. The standard InChI is InChI=1S/C15H21F3N2S/c1-20(2)7-8-21-14-6-3-11(10-19-12-4-5-12)9-13(14)15(16,17)18/h3,6,9,12,19H,4-5,7-8,10H2,1-2H3. The first-order chi connectivity index (χ1) is 9.86. The van der Waals surface area contributed by atoms with Crippen LogP contribution in [-0.2, 0) is 12.7 Å². The average Bonchev–Trinajstić information content (AvgIpc) is 3.19. The van der Waals surface area contributed by atoms with Crippen molar-refractivity contribution in [2.24, 2.45) is 0 Å². The van der Waals surface area contributed by atoms with E-state index < -0.39 is 11.7 Å². The van der Waals surface area contributed by atoms with E-state index in [1.54, 1.807) is 12.1 Å². The van der Waals surface area contributed by atoms with Gasteiger partial charge in [0.05, 0.1) is 5.56 Å². The van der Waals surface area contributed by atoms with Gasteiger partial charge in [-0.1, -0.05) is 6.07 Å². The third-order valence-electron chi connectivity index (χ3n) is 3.32. The van der Waals surface area contributed by atoms with Crippen LogP contribution in [-0.4, -0.2) is 37.3 Å². The van der Waals surface area contributed by atoms with E-state index in [9.17, 15) is 13.2 Å². The van der Waals surface area contributed by atoms with Crippen molar-refractivity contribution in [1.29, 1.82) is 0 Å². The fourth-order valence-corrected chi connectivity index (χ4v) is 3.09. The SMILES string of the molecule is CN(C)CCSc1ccc(CNC2CC2)cc1C(F)(F)F. The van der Waals surface area contributed by atoms with Crippen LogP contribution in [0.2, 0.25) is 0 Å². The van der Waals surface area contributed by atoms with Gasteiger partial charge in [0, 0.05) is 29.8 Å². The van der Waals surface area contributed by atoms with Gasteiger partial charge in [0.2, 0.25) is 0 Å². The van der Waals surface area contributed by atoms with Crippen LogP contribution in [0.3, 0.4) is 0 Å². The number of nitrogens with one attached hydrogen (secondary N) is 1. The van der Waals surface area contributed by atoms with Crippen LogP contribution >= 0.6 is 11.8 Å². The van der Waals surface area contributed by atoms with Crippen molar-refractivity contribution >= 4 is 11.8 Å². The Morgan fingerprint density at radius 1 is 1.29 bits per heavy atom. The molecule has 0 bridgehead atoms.